The van der Waals surface area contributed by atoms with Crippen LogP contribution in [0.3, 0.4) is 0 Å². The zero-order valence-electron chi connectivity index (χ0n) is 11.7. The first-order chi connectivity index (χ1) is 10.1. The van der Waals surface area contributed by atoms with Gasteiger partial charge in [-0.1, -0.05) is 35.0 Å². The lowest BCUT2D eigenvalue weighted by Gasteiger charge is -2.34. The van der Waals surface area contributed by atoms with Crippen molar-refractivity contribution >= 4 is 23.3 Å². The van der Waals surface area contributed by atoms with Crippen LogP contribution < -0.4 is 5.73 Å². The largest absolute Gasteiger partial charge is 0.409 e. The van der Waals surface area contributed by atoms with Crippen LogP contribution >= 0.6 is 11.6 Å². The maximum Gasteiger partial charge on any atom is 0.227 e. The van der Waals surface area contributed by atoms with Gasteiger partial charge in [0.25, 0.3) is 0 Å². The van der Waals surface area contributed by atoms with Crippen LogP contribution in [-0.4, -0.2) is 59.5 Å². The first-order valence-electron chi connectivity index (χ1n) is 6.80. The fourth-order valence-corrected chi connectivity index (χ4v) is 2.54. The number of benzene rings is 1. The molecular formula is C14H19ClN4O2. The highest BCUT2D eigenvalue weighted by Crippen LogP contribution is 2.16. The molecule has 0 saturated carbocycles. The summed E-state index contributed by atoms with van der Waals surface area (Å²) < 4.78 is 0. The van der Waals surface area contributed by atoms with Crippen molar-refractivity contribution in [1.29, 1.82) is 0 Å². The smallest absolute Gasteiger partial charge is 0.227 e. The molecule has 1 heterocycles. The highest BCUT2D eigenvalue weighted by Gasteiger charge is 2.22. The van der Waals surface area contributed by atoms with Gasteiger partial charge >= 0.3 is 0 Å². The van der Waals surface area contributed by atoms with Crippen molar-refractivity contribution in [1.82, 2.24) is 9.80 Å². The predicted molar refractivity (Wildman–Crippen MR) is 81.6 cm³/mol. The lowest BCUT2D eigenvalue weighted by Crippen LogP contribution is -2.51. The molecule has 1 aliphatic heterocycles. The number of rotatable bonds is 4. The average Bonchev–Trinajstić information content (AvgIpc) is 2.50. The topological polar surface area (TPSA) is 82.2 Å². The molecule has 114 valence electrons. The Kier molecular flexibility index (Phi) is 5.41. The van der Waals surface area contributed by atoms with Crippen molar-refractivity contribution in [2.75, 3.05) is 32.7 Å². The van der Waals surface area contributed by atoms with E-state index in [-0.39, 0.29) is 11.7 Å². The Labute approximate surface area is 128 Å². The van der Waals surface area contributed by atoms with E-state index in [9.17, 15) is 4.79 Å². The molecule has 0 spiro atoms. The fraction of sp³-hybridized carbons (Fsp3) is 0.429. The van der Waals surface area contributed by atoms with Crippen LogP contribution in [0.4, 0.5) is 0 Å². The van der Waals surface area contributed by atoms with Crippen molar-refractivity contribution in [3.05, 3.63) is 34.9 Å². The lowest BCUT2D eigenvalue weighted by atomic mass is 10.1. The van der Waals surface area contributed by atoms with Gasteiger partial charge in [0.15, 0.2) is 5.84 Å². The van der Waals surface area contributed by atoms with E-state index >= 15 is 0 Å². The SMILES string of the molecule is NC(CN1CCN(C(=O)Cc2ccccc2Cl)CC1)=NO. The monoisotopic (exact) mass is 310 g/mol. The molecule has 1 aromatic rings. The second kappa shape index (κ2) is 7.28. The Bertz CT molecular complexity index is 527. The maximum absolute atomic E-state index is 12.3. The summed E-state index contributed by atoms with van der Waals surface area (Å²) in [5.41, 5.74) is 6.33. The highest BCUT2D eigenvalue weighted by molar-refractivity contribution is 6.31. The zero-order valence-corrected chi connectivity index (χ0v) is 12.5. The molecule has 1 saturated heterocycles. The minimum atomic E-state index is 0.0755. The number of carbonyl (C=O) groups excluding carboxylic acids is 1. The number of piperazine rings is 1. The number of hydrogen-bond donors (Lipinski definition) is 2. The first kappa shape index (κ1) is 15.6. The Hall–Kier alpha value is -1.79. The van der Waals surface area contributed by atoms with Gasteiger partial charge in [0.1, 0.15) is 0 Å². The summed E-state index contributed by atoms with van der Waals surface area (Å²) in [4.78, 5) is 16.1. The van der Waals surface area contributed by atoms with E-state index in [0.29, 0.717) is 44.2 Å². The van der Waals surface area contributed by atoms with Crippen LogP contribution in [0.5, 0.6) is 0 Å². The van der Waals surface area contributed by atoms with Crippen molar-refractivity contribution in [3.63, 3.8) is 0 Å². The summed E-state index contributed by atoms with van der Waals surface area (Å²) in [6, 6.07) is 7.39. The standard InChI is InChI=1S/C14H19ClN4O2/c15-12-4-2-1-3-11(12)9-14(20)19-7-5-18(6-8-19)10-13(16)17-21/h1-4,21H,5-10H2,(H2,16,17). The average molecular weight is 311 g/mol. The second-order valence-electron chi connectivity index (χ2n) is 5.02. The molecule has 0 radical (unpaired) electrons. The minimum absolute atomic E-state index is 0.0755. The van der Waals surface area contributed by atoms with Gasteiger partial charge in [-0.2, -0.15) is 0 Å². The second-order valence-corrected chi connectivity index (χ2v) is 5.42. The zero-order chi connectivity index (χ0) is 15.2. The predicted octanol–water partition coefficient (Wildman–Crippen LogP) is 0.773. The molecule has 1 aliphatic rings. The Morgan fingerprint density at radius 2 is 1.95 bits per heavy atom. The number of nitrogens with zero attached hydrogens (tertiary/aromatic N) is 3. The van der Waals surface area contributed by atoms with Crippen LogP contribution in [0, 0.1) is 0 Å². The number of nitrogens with two attached hydrogens (primary N) is 1. The first-order valence-corrected chi connectivity index (χ1v) is 7.18. The van der Waals surface area contributed by atoms with Gasteiger partial charge in [0.2, 0.25) is 5.91 Å². The summed E-state index contributed by atoms with van der Waals surface area (Å²) in [5, 5.41) is 12.1. The molecule has 1 amide bonds. The van der Waals surface area contributed by atoms with Gasteiger partial charge in [-0.05, 0) is 11.6 Å². The Morgan fingerprint density at radius 3 is 2.57 bits per heavy atom. The molecule has 0 aliphatic carbocycles. The van der Waals surface area contributed by atoms with Crippen LogP contribution in [0.2, 0.25) is 5.02 Å². The third-order valence-electron chi connectivity index (χ3n) is 3.54. The van der Waals surface area contributed by atoms with Crippen LogP contribution in [0.1, 0.15) is 5.56 Å². The van der Waals surface area contributed by atoms with Crippen molar-refractivity contribution < 1.29 is 10.0 Å². The van der Waals surface area contributed by atoms with E-state index in [1.165, 1.54) is 0 Å². The summed E-state index contributed by atoms with van der Waals surface area (Å²) >= 11 is 6.07. The quantitative estimate of drug-likeness (QED) is 0.372. The van der Waals surface area contributed by atoms with Crippen molar-refractivity contribution in [2.45, 2.75) is 6.42 Å². The molecule has 0 unspecified atom stereocenters. The molecule has 1 fully saturated rings. The third-order valence-corrected chi connectivity index (χ3v) is 3.91. The lowest BCUT2D eigenvalue weighted by molar-refractivity contribution is -0.132. The molecule has 0 atom stereocenters. The van der Waals surface area contributed by atoms with E-state index in [1.807, 2.05) is 28.0 Å². The van der Waals surface area contributed by atoms with E-state index in [2.05, 4.69) is 5.16 Å². The Balaban J connectivity index is 1.85. The van der Waals surface area contributed by atoms with Gasteiger partial charge < -0.3 is 15.8 Å². The summed E-state index contributed by atoms with van der Waals surface area (Å²) in [7, 11) is 0. The Morgan fingerprint density at radius 1 is 1.29 bits per heavy atom. The van der Waals surface area contributed by atoms with Crippen molar-refractivity contribution in [3.8, 4) is 0 Å². The molecule has 21 heavy (non-hydrogen) atoms. The number of amidine groups is 1. The number of halogens is 1. The number of carbonyl (C=O) groups is 1. The normalized spacial score (nSPS) is 17.0. The third kappa shape index (κ3) is 4.34. The van der Waals surface area contributed by atoms with Gasteiger partial charge in [-0.15, -0.1) is 0 Å². The minimum Gasteiger partial charge on any atom is -0.409 e. The number of hydrogen-bond acceptors (Lipinski definition) is 4. The highest BCUT2D eigenvalue weighted by atomic mass is 35.5. The van der Waals surface area contributed by atoms with Gasteiger partial charge in [-0.3, -0.25) is 9.69 Å². The summed E-state index contributed by atoms with van der Waals surface area (Å²) in [6.07, 6.45) is 0.319. The molecule has 3 N–H and O–H groups in total. The van der Waals surface area contributed by atoms with Gasteiger partial charge in [-0.25, -0.2) is 0 Å². The van der Waals surface area contributed by atoms with Gasteiger partial charge in [0.05, 0.1) is 13.0 Å². The maximum atomic E-state index is 12.3. The van der Waals surface area contributed by atoms with E-state index < -0.39 is 0 Å². The summed E-state index contributed by atoms with van der Waals surface area (Å²) in [5.74, 6) is 0.261. The van der Waals surface area contributed by atoms with E-state index in [4.69, 9.17) is 22.5 Å². The van der Waals surface area contributed by atoms with E-state index in [0.717, 1.165) is 5.56 Å². The van der Waals surface area contributed by atoms with Crippen LogP contribution in [-0.2, 0) is 11.2 Å². The molecule has 2 rings (SSSR count). The number of amides is 1. The molecular weight excluding hydrogens is 292 g/mol. The van der Waals surface area contributed by atoms with Crippen LogP contribution in [0.25, 0.3) is 0 Å². The van der Waals surface area contributed by atoms with Gasteiger partial charge in [0, 0.05) is 31.2 Å². The van der Waals surface area contributed by atoms with E-state index in [1.54, 1.807) is 6.07 Å². The summed E-state index contributed by atoms with van der Waals surface area (Å²) in [6.45, 7) is 3.13. The fourth-order valence-electron chi connectivity index (χ4n) is 2.33. The molecule has 1 aromatic carbocycles. The molecule has 0 bridgehead atoms. The van der Waals surface area contributed by atoms with Crippen LogP contribution in [0.15, 0.2) is 29.4 Å². The molecule has 0 aromatic heterocycles. The number of oxime groups is 1. The molecule has 6 nitrogen and oxygen atoms in total. The van der Waals surface area contributed by atoms with Crippen molar-refractivity contribution in [2.24, 2.45) is 10.9 Å². The molecule has 7 heteroatoms.